The number of anilines is 1. The van der Waals surface area contributed by atoms with Gasteiger partial charge in [-0.25, -0.2) is 9.97 Å². The first-order chi connectivity index (χ1) is 14.3. The van der Waals surface area contributed by atoms with Gasteiger partial charge in [0.2, 0.25) is 5.95 Å². The first-order valence-electron chi connectivity index (χ1n) is 10.6. The molecule has 0 spiro atoms. The standard InChI is InChI=1S/C24H30N6/c1-23(2)13-17(14-24(3,4)30-23)28-22-26-12-10-20(29-22)19-15-27-21-16(8-6-11-25)7-5-9-18(19)21/h5,7,9-10,12,15,17,27,30H,6,8,13-14H2,1-4H3,(H,26,28,29). The van der Waals surface area contributed by atoms with Gasteiger partial charge in [0.15, 0.2) is 0 Å². The van der Waals surface area contributed by atoms with Crippen LogP contribution < -0.4 is 10.6 Å². The van der Waals surface area contributed by atoms with Crippen LogP contribution in [0.4, 0.5) is 5.95 Å². The highest BCUT2D eigenvalue weighted by Gasteiger charge is 2.37. The number of nitrogens with one attached hydrogen (secondary N) is 3. The van der Waals surface area contributed by atoms with E-state index in [0.29, 0.717) is 18.4 Å². The number of aromatic nitrogens is 3. The van der Waals surface area contributed by atoms with Crippen molar-refractivity contribution in [2.75, 3.05) is 5.32 Å². The van der Waals surface area contributed by atoms with Gasteiger partial charge in [0.25, 0.3) is 0 Å². The first-order valence-corrected chi connectivity index (χ1v) is 10.6. The van der Waals surface area contributed by atoms with Gasteiger partial charge >= 0.3 is 0 Å². The molecule has 3 heterocycles. The van der Waals surface area contributed by atoms with E-state index < -0.39 is 0 Å². The number of rotatable bonds is 5. The van der Waals surface area contributed by atoms with Crippen molar-refractivity contribution in [3.05, 3.63) is 42.2 Å². The van der Waals surface area contributed by atoms with Crippen molar-refractivity contribution >= 4 is 16.9 Å². The summed E-state index contributed by atoms with van der Waals surface area (Å²) < 4.78 is 0. The quantitative estimate of drug-likeness (QED) is 0.570. The lowest BCUT2D eigenvalue weighted by atomic mass is 9.80. The second kappa shape index (κ2) is 7.73. The van der Waals surface area contributed by atoms with Crippen molar-refractivity contribution < 1.29 is 0 Å². The smallest absolute Gasteiger partial charge is 0.223 e. The van der Waals surface area contributed by atoms with E-state index in [2.05, 4.69) is 66.5 Å². The number of hydrogen-bond acceptors (Lipinski definition) is 5. The van der Waals surface area contributed by atoms with Crippen LogP contribution in [0.25, 0.3) is 22.2 Å². The minimum Gasteiger partial charge on any atom is -0.360 e. The Morgan fingerprint density at radius 2 is 1.93 bits per heavy atom. The number of H-pyrrole nitrogens is 1. The van der Waals surface area contributed by atoms with Gasteiger partial charge in [-0.1, -0.05) is 18.2 Å². The summed E-state index contributed by atoms with van der Waals surface area (Å²) in [5, 5.41) is 17.3. The molecule has 0 unspecified atom stereocenters. The van der Waals surface area contributed by atoms with Crippen molar-refractivity contribution in [1.29, 1.82) is 5.26 Å². The number of piperidine rings is 1. The van der Waals surface area contributed by atoms with Crippen molar-refractivity contribution in [3.63, 3.8) is 0 Å². The summed E-state index contributed by atoms with van der Waals surface area (Å²) in [6.45, 7) is 8.98. The second-order valence-electron chi connectivity index (χ2n) is 9.61. The molecular weight excluding hydrogens is 372 g/mol. The van der Waals surface area contributed by atoms with Gasteiger partial charge in [-0.05, 0) is 58.6 Å². The Hall–Kier alpha value is -2.91. The lowest BCUT2D eigenvalue weighted by molar-refractivity contribution is 0.170. The number of nitrogens with zero attached hydrogens (tertiary/aromatic N) is 3. The molecule has 1 saturated heterocycles. The summed E-state index contributed by atoms with van der Waals surface area (Å²) in [7, 11) is 0. The molecule has 0 saturated carbocycles. The highest BCUT2D eigenvalue weighted by molar-refractivity contribution is 5.96. The van der Waals surface area contributed by atoms with Crippen molar-refractivity contribution in [1.82, 2.24) is 20.3 Å². The van der Waals surface area contributed by atoms with Crippen molar-refractivity contribution in [2.24, 2.45) is 0 Å². The van der Waals surface area contributed by atoms with E-state index in [1.165, 1.54) is 0 Å². The molecule has 0 aliphatic carbocycles. The summed E-state index contributed by atoms with van der Waals surface area (Å²) >= 11 is 0. The number of hydrogen-bond donors (Lipinski definition) is 3. The van der Waals surface area contributed by atoms with Crippen molar-refractivity contribution in [2.45, 2.75) is 70.5 Å². The number of para-hydroxylation sites is 1. The van der Waals surface area contributed by atoms with E-state index in [-0.39, 0.29) is 11.1 Å². The van der Waals surface area contributed by atoms with Crippen LogP contribution in [0.3, 0.4) is 0 Å². The highest BCUT2D eigenvalue weighted by Crippen LogP contribution is 2.32. The molecule has 1 fully saturated rings. The Morgan fingerprint density at radius 3 is 2.67 bits per heavy atom. The molecule has 30 heavy (non-hydrogen) atoms. The summed E-state index contributed by atoms with van der Waals surface area (Å²) in [6, 6.07) is 10.7. The zero-order valence-corrected chi connectivity index (χ0v) is 18.2. The fourth-order valence-corrected chi connectivity index (χ4v) is 5.01. The molecule has 6 nitrogen and oxygen atoms in total. The fraction of sp³-hybridized carbons (Fsp3) is 0.458. The van der Waals surface area contributed by atoms with Crippen LogP contribution in [0.2, 0.25) is 0 Å². The molecule has 6 heteroatoms. The van der Waals surface area contributed by atoms with Crippen LogP contribution in [-0.4, -0.2) is 32.1 Å². The number of fused-ring (bicyclic) bond motifs is 1. The lowest BCUT2D eigenvalue weighted by Gasteiger charge is -2.46. The SMILES string of the molecule is CC1(C)CC(Nc2nccc(-c3c[nH]c4c(CCC#N)cccc34)n2)CC(C)(C)N1. The Kier molecular flexibility index (Phi) is 5.25. The third-order valence-electron chi connectivity index (χ3n) is 5.76. The van der Waals surface area contributed by atoms with Gasteiger partial charge in [-0.15, -0.1) is 0 Å². The molecule has 0 bridgehead atoms. The molecule has 3 aromatic rings. The Morgan fingerprint density at radius 1 is 1.17 bits per heavy atom. The maximum absolute atomic E-state index is 8.92. The molecule has 1 aliphatic heterocycles. The summed E-state index contributed by atoms with van der Waals surface area (Å²) in [5.41, 5.74) is 4.31. The first kappa shape index (κ1) is 20.4. The number of aryl methyl sites for hydroxylation is 1. The Labute approximate surface area is 178 Å². The average molecular weight is 403 g/mol. The van der Waals surface area contributed by atoms with E-state index in [1.54, 1.807) is 0 Å². The molecule has 4 rings (SSSR count). The Balaban J connectivity index is 1.61. The third-order valence-corrected chi connectivity index (χ3v) is 5.76. The summed E-state index contributed by atoms with van der Waals surface area (Å²) in [6.07, 6.45) is 7.10. The topological polar surface area (TPSA) is 89.4 Å². The fourth-order valence-electron chi connectivity index (χ4n) is 5.01. The lowest BCUT2D eigenvalue weighted by Crippen LogP contribution is -2.60. The van der Waals surface area contributed by atoms with E-state index in [1.807, 2.05) is 24.5 Å². The van der Waals surface area contributed by atoms with Crippen LogP contribution >= 0.6 is 0 Å². The van der Waals surface area contributed by atoms with Gasteiger partial charge in [0.1, 0.15) is 0 Å². The van der Waals surface area contributed by atoms with Crippen molar-refractivity contribution in [3.8, 4) is 17.3 Å². The number of nitriles is 1. The minimum absolute atomic E-state index is 0.0632. The van der Waals surface area contributed by atoms with Crippen LogP contribution in [0.15, 0.2) is 36.7 Å². The van der Waals surface area contributed by atoms with E-state index in [0.717, 1.165) is 47.0 Å². The van der Waals surface area contributed by atoms with Gasteiger partial charge in [-0.2, -0.15) is 5.26 Å². The molecule has 1 aromatic carbocycles. The second-order valence-corrected chi connectivity index (χ2v) is 9.61. The molecule has 0 amide bonds. The molecule has 1 aliphatic rings. The van der Waals surface area contributed by atoms with Crippen LogP contribution in [-0.2, 0) is 6.42 Å². The zero-order valence-electron chi connectivity index (χ0n) is 18.2. The molecular formula is C24H30N6. The van der Waals surface area contributed by atoms with E-state index in [4.69, 9.17) is 10.2 Å². The predicted molar refractivity (Wildman–Crippen MR) is 121 cm³/mol. The largest absolute Gasteiger partial charge is 0.360 e. The van der Waals surface area contributed by atoms with Gasteiger partial charge < -0.3 is 15.6 Å². The molecule has 2 aromatic heterocycles. The normalized spacial score (nSPS) is 18.2. The summed E-state index contributed by atoms with van der Waals surface area (Å²) in [5.74, 6) is 0.668. The zero-order chi connectivity index (χ0) is 21.4. The van der Waals surface area contributed by atoms with Crippen LogP contribution in [0, 0.1) is 11.3 Å². The maximum Gasteiger partial charge on any atom is 0.223 e. The minimum atomic E-state index is 0.0632. The predicted octanol–water partition coefficient (Wildman–Crippen LogP) is 4.80. The number of benzene rings is 1. The third kappa shape index (κ3) is 4.31. The molecule has 156 valence electrons. The van der Waals surface area contributed by atoms with Crippen LogP contribution in [0.1, 0.15) is 52.5 Å². The van der Waals surface area contributed by atoms with Gasteiger partial charge in [0.05, 0.1) is 11.8 Å². The summed E-state index contributed by atoms with van der Waals surface area (Å²) in [4.78, 5) is 12.7. The molecule has 3 N–H and O–H groups in total. The highest BCUT2D eigenvalue weighted by atomic mass is 15.1. The average Bonchev–Trinajstić information content (AvgIpc) is 3.08. The monoisotopic (exact) mass is 402 g/mol. The van der Waals surface area contributed by atoms with Gasteiger partial charge in [-0.3, -0.25) is 0 Å². The molecule has 0 radical (unpaired) electrons. The van der Waals surface area contributed by atoms with Gasteiger partial charge in [0, 0.05) is 52.4 Å². The molecule has 0 atom stereocenters. The van der Waals surface area contributed by atoms with Crippen LogP contribution in [0.5, 0.6) is 0 Å². The Bertz CT molecular complexity index is 1070. The maximum atomic E-state index is 8.92. The van der Waals surface area contributed by atoms with E-state index >= 15 is 0 Å². The van der Waals surface area contributed by atoms with E-state index in [9.17, 15) is 0 Å². The number of aromatic amines is 1.